The van der Waals surface area contributed by atoms with Gasteiger partial charge in [0.05, 0.1) is 17.3 Å². The Kier molecular flexibility index (Phi) is 3.86. The first-order chi connectivity index (χ1) is 8.60. The predicted octanol–water partition coefficient (Wildman–Crippen LogP) is 3.93. The van der Waals surface area contributed by atoms with Crippen LogP contribution in [0.25, 0.3) is 0 Å². The van der Waals surface area contributed by atoms with Crippen molar-refractivity contribution in [3.05, 3.63) is 29.6 Å². The van der Waals surface area contributed by atoms with E-state index in [2.05, 4.69) is 19.2 Å². The number of rotatable bonds is 2. The Labute approximate surface area is 108 Å². The highest BCUT2D eigenvalue weighted by molar-refractivity contribution is 5.49. The fourth-order valence-electron chi connectivity index (χ4n) is 2.60. The second-order valence-electron chi connectivity index (χ2n) is 5.42. The van der Waals surface area contributed by atoms with E-state index in [-0.39, 0.29) is 5.82 Å². The van der Waals surface area contributed by atoms with Crippen molar-refractivity contribution < 1.29 is 4.39 Å². The lowest BCUT2D eigenvalue weighted by Gasteiger charge is -2.33. The molecule has 1 aromatic carbocycles. The Morgan fingerprint density at radius 3 is 2.67 bits per heavy atom. The van der Waals surface area contributed by atoms with Crippen LogP contribution in [-0.4, -0.2) is 6.04 Å². The summed E-state index contributed by atoms with van der Waals surface area (Å²) in [5, 5.41) is 12.0. The van der Waals surface area contributed by atoms with E-state index >= 15 is 0 Å². The SMILES string of the molecule is CC1CCC(Nc2ccc(C#N)cc2F)CC1C. The van der Waals surface area contributed by atoms with Gasteiger partial charge in [0.2, 0.25) is 0 Å². The van der Waals surface area contributed by atoms with Crippen molar-refractivity contribution in [1.82, 2.24) is 0 Å². The van der Waals surface area contributed by atoms with Gasteiger partial charge in [0, 0.05) is 6.04 Å². The third-order valence-corrected chi connectivity index (χ3v) is 4.06. The molecule has 96 valence electrons. The number of halogens is 1. The lowest BCUT2D eigenvalue weighted by atomic mass is 9.79. The largest absolute Gasteiger partial charge is 0.380 e. The highest BCUT2D eigenvalue weighted by atomic mass is 19.1. The Hall–Kier alpha value is -1.56. The molecule has 0 radical (unpaired) electrons. The van der Waals surface area contributed by atoms with E-state index in [1.165, 1.54) is 12.5 Å². The average molecular weight is 246 g/mol. The van der Waals surface area contributed by atoms with Crippen LogP contribution in [0.3, 0.4) is 0 Å². The molecule has 18 heavy (non-hydrogen) atoms. The van der Waals surface area contributed by atoms with Gasteiger partial charge in [0.1, 0.15) is 5.82 Å². The summed E-state index contributed by atoms with van der Waals surface area (Å²) in [5.41, 5.74) is 0.879. The van der Waals surface area contributed by atoms with Gasteiger partial charge in [-0.2, -0.15) is 5.26 Å². The molecular formula is C15H19FN2. The number of nitriles is 1. The number of hydrogen-bond donors (Lipinski definition) is 1. The summed E-state index contributed by atoms with van der Waals surface area (Å²) in [6.07, 6.45) is 3.36. The molecule has 2 rings (SSSR count). The molecule has 2 nitrogen and oxygen atoms in total. The van der Waals surface area contributed by atoms with Crippen molar-refractivity contribution >= 4 is 5.69 Å². The zero-order valence-electron chi connectivity index (χ0n) is 10.9. The van der Waals surface area contributed by atoms with E-state index in [1.54, 1.807) is 12.1 Å². The van der Waals surface area contributed by atoms with E-state index in [1.807, 2.05) is 6.07 Å². The average Bonchev–Trinajstić information content (AvgIpc) is 2.36. The van der Waals surface area contributed by atoms with Crippen LogP contribution in [0.1, 0.15) is 38.7 Å². The van der Waals surface area contributed by atoms with Crippen LogP contribution in [0.2, 0.25) is 0 Å². The highest BCUT2D eigenvalue weighted by Gasteiger charge is 2.24. The third kappa shape index (κ3) is 2.81. The van der Waals surface area contributed by atoms with Crippen molar-refractivity contribution in [3.8, 4) is 6.07 Å². The van der Waals surface area contributed by atoms with Crippen LogP contribution in [-0.2, 0) is 0 Å². The molecule has 0 bridgehead atoms. The van der Waals surface area contributed by atoms with Gasteiger partial charge >= 0.3 is 0 Å². The second kappa shape index (κ2) is 5.39. The zero-order valence-corrected chi connectivity index (χ0v) is 10.9. The summed E-state index contributed by atoms with van der Waals surface area (Å²) < 4.78 is 13.8. The number of nitrogens with one attached hydrogen (secondary N) is 1. The summed E-state index contributed by atoms with van der Waals surface area (Å²) in [6.45, 7) is 4.54. The summed E-state index contributed by atoms with van der Waals surface area (Å²) in [5.74, 6) is 1.10. The van der Waals surface area contributed by atoms with Crippen LogP contribution >= 0.6 is 0 Å². The van der Waals surface area contributed by atoms with E-state index in [9.17, 15) is 4.39 Å². The molecule has 1 N–H and O–H groups in total. The minimum absolute atomic E-state index is 0.333. The van der Waals surface area contributed by atoms with Crippen molar-refractivity contribution in [3.63, 3.8) is 0 Å². The number of anilines is 1. The molecule has 3 heteroatoms. The molecule has 3 unspecified atom stereocenters. The molecule has 1 saturated carbocycles. The van der Waals surface area contributed by atoms with Crippen molar-refractivity contribution in [1.29, 1.82) is 5.26 Å². The molecule has 0 amide bonds. The fraction of sp³-hybridized carbons (Fsp3) is 0.533. The quantitative estimate of drug-likeness (QED) is 0.858. The molecule has 1 aromatic rings. The Morgan fingerprint density at radius 2 is 2.06 bits per heavy atom. The minimum Gasteiger partial charge on any atom is -0.380 e. The molecule has 1 aliphatic rings. The Bertz CT molecular complexity index is 464. The lowest BCUT2D eigenvalue weighted by molar-refractivity contribution is 0.260. The second-order valence-corrected chi connectivity index (χ2v) is 5.42. The van der Waals surface area contributed by atoms with Crippen LogP contribution in [0, 0.1) is 29.0 Å². The number of hydrogen-bond acceptors (Lipinski definition) is 2. The summed E-state index contributed by atoms with van der Waals surface area (Å²) in [4.78, 5) is 0. The van der Waals surface area contributed by atoms with Gasteiger partial charge in [0.15, 0.2) is 0 Å². The lowest BCUT2D eigenvalue weighted by Crippen LogP contribution is -2.30. The molecule has 0 aromatic heterocycles. The summed E-state index contributed by atoms with van der Waals surface area (Å²) >= 11 is 0. The minimum atomic E-state index is -0.333. The van der Waals surface area contributed by atoms with Crippen molar-refractivity contribution in [2.24, 2.45) is 11.8 Å². The van der Waals surface area contributed by atoms with E-state index in [4.69, 9.17) is 5.26 Å². The van der Waals surface area contributed by atoms with Crippen LogP contribution in [0.15, 0.2) is 18.2 Å². The van der Waals surface area contributed by atoms with Gasteiger partial charge in [-0.25, -0.2) is 4.39 Å². The van der Waals surface area contributed by atoms with Gasteiger partial charge in [0.25, 0.3) is 0 Å². The van der Waals surface area contributed by atoms with Crippen molar-refractivity contribution in [2.75, 3.05) is 5.32 Å². The molecule has 0 heterocycles. The summed E-state index contributed by atoms with van der Waals surface area (Å²) in [6, 6.07) is 6.89. The molecule has 0 aliphatic heterocycles. The summed E-state index contributed by atoms with van der Waals surface area (Å²) in [7, 11) is 0. The van der Waals surface area contributed by atoms with E-state index in [0.717, 1.165) is 18.8 Å². The van der Waals surface area contributed by atoms with Crippen LogP contribution in [0.4, 0.5) is 10.1 Å². The smallest absolute Gasteiger partial charge is 0.147 e. The van der Waals surface area contributed by atoms with Gasteiger partial charge in [-0.15, -0.1) is 0 Å². The Balaban J connectivity index is 2.04. The Morgan fingerprint density at radius 1 is 1.28 bits per heavy atom. The molecule has 1 aliphatic carbocycles. The van der Waals surface area contributed by atoms with Gasteiger partial charge in [-0.3, -0.25) is 0 Å². The standard InChI is InChI=1S/C15H19FN2/c1-10-3-5-13(7-11(10)2)18-15-6-4-12(9-17)8-14(15)16/h4,6,8,10-11,13,18H,3,5,7H2,1-2H3. The molecule has 1 fully saturated rings. The van der Waals surface area contributed by atoms with Gasteiger partial charge < -0.3 is 5.32 Å². The highest BCUT2D eigenvalue weighted by Crippen LogP contribution is 2.31. The van der Waals surface area contributed by atoms with Gasteiger partial charge in [-0.1, -0.05) is 13.8 Å². The van der Waals surface area contributed by atoms with E-state index < -0.39 is 0 Å². The monoisotopic (exact) mass is 246 g/mol. The molecule has 3 atom stereocenters. The third-order valence-electron chi connectivity index (χ3n) is 4.06. The normalized spacial score (nSPS) is 27.6. The maximum atomic E-state index is 13.8. The zero-order chi connectivity index (χ0) is 13.1. The molecule has 0 saturated heterocycles. The molecular weight excluding hydrogens is 227 g/mol. The predicted molar refractivity (Wildman–Crippen MR) is 70.7 cm³/mol. The maximum Gasteiger partial charge on any atom is 0.147 e. The van der Waals surface area contributed by atoms with Crippen LogP contribution < -0.4 is 5.32 Å². The fourth-order valence-corrected chi connectivity index (χ4v) is 2.60. The molecule has 0 spiro atoms. The first-order valence-corrected chi connectivity index (χ1v) is 6.56. The first-order valence-electron chi connectivity index (χ1n) is 6.56. The number of nitrogens with zero attached hydrogens (tertiary/aromatic N) is 1. The van der Waals surface area contributed by atoms with Crippen LogP contribution in [0.5, 0.6) is 0 Å². The maximum absolute atomic E-state index is 13.8. The van der Waals surface area contributed by atoms with Gasteiger partial charge in [-0.05, 0) is 49.3 Å². The first kappa shape index (κ1) is 12.9. The topological polar surface area (TPSA) is 35.8 Å². The van der Waals surface area contributed by atoms with E-state index in [0.29, 0.717) is 23.2 Å². The van der Waals surface area contributed by atoms with Crippen molar-refractivity contribution in [2.45, 2.75) is 39.2 Å². The number of benzene rings is 1.